The first-order chi connectivity index (χ1) is 14.0. The number of aromatic nitrogens is 4. The Bertz CT molecular complexity index is 1200. The number of hydrogen-bond donors (Lipinski definition) is 2. The zero-order valence-corrected chi connectivity index (χ0v) is 18.5. The summed E-state index contributed by atoms with van der Waals surface area (Å²) in [6.07, 6.45) is 5.42. The molecule has 0 amide bonds. The lowest BCUT2D eigenvalue weighted by Crippen LogP contribution is -2.18. The maximum Gasteiger partial charge on any atom is 0.109 e. The molecule has 1 unspecified atom stereocenters. The molecule has 0 fully saturated rings. The van der Waals surface area contributed by atoms with Gasteiger partial charge < -0.3 is 5.32 Å². The molecule has 0 saturated heterocycles. The minimum atomic E-state index is 0.330. The predicted molar refractivity (Wildman–Crippen MR) is 121 cm³/mol. The number of fused-ring (bicyclic) bond motifs is 2. The first-order valence-electron chi connectivity index (χ1n) is 10.1. The van der Waals surface area contributed by atoms with Gasteiger partial charge in [-0.3, -0.25) is 5.10 Å². The van der Waals surface area contributed by atoms with Crippen LogP contribution in [0.15, 0.2) is 41.0 Å². The summed E-state index contributed by atoms with van der Waals surface area (Å²) in [5.74, 6) is 0. The van der Waals surface area contributed by atoms with Crippen LogP contribution in [-0.2, 0) is 6.42 Å². The Morgan fingerprint density at radius 1 is 1.17 bits per heavy atom. The van der Waals surface area contributed by atoms with Gasteiger partial charge in [-0.05, 0) is 81.0 Å². The molecule has 29 heavy (non-hydrogen) atoms. The van der Waals surface area contributed by atoms with E-state index in [1.54, 1.807) is 0 Å². The lowest BCUT2D eigenvalue weighted by atomic mass is 9.85. The minimum Gasteiger partial charge on any atom is -0.378 e. The second-order valence-corrected chi connectivity index (χ2v) is 8.80. The summed E-state index contributed by atoms with van der Waals surface area (Å²) in [5, 5.41) is 16.9. The molecule has 148 valence electrons. The molecule has 0 spiro atoms. The van der Waals surface area contributed by atoms with Crippen LogP contribution in [0.4, 0.5) is 5.69 Å². The molecule has 1 aliphatic carbocycles. The van der Waals surface area contributed by atoms with Crippen LogP contribution in [0, 0.1) is 20.8 Å². The summed E-state index contributed by atoms with van der Waals surface area (Å²) in [4.78, 5) is 0. The van der Waals surface area contributed by atoms with Crippen molar-refractivity contribution in [3.8, 4) is 5.69 Å². The van der Waals surface area contributed by atoms with Gasteiger partial charge in [0.2, 0.25) is 0 Å². The highest BCUT2D eigenvalue weighted by Crippen LogP contribution is 2.37. The number of nitrogens with one attached hydrogen (secondary N) is 2. The largest absolute Gasteiger partial charge is 0.378 e. The summed E-state index contributed by atoms with van der Waals surface area (Å²) in [7, 11) is 0. The number of halogens is 1. The van der Waals surface area contributed by atoms with Crippen LogP contribution in [0.5, 0.6) is 0 Å². The smallest absolute Gasteiger partial charge is 0.109 e. The van der Waals surface area contributed by atoms with E-state index >= 15 is 0 Å². The van der Waals surface area contributed by atoms with Crippen LogP contribution in [0.2, 0.25) is 0 Å². The predicted octanol–water partition coefficient (Wildman–Crippen LogP) is 5.93. The van der Waals surface area contributed by atoms with E-state index in [0.29, 0.717) is 6.04 Å². The van der Waals surface area contributed by atoms with E-state index in [9.17, 15) is 0 Å². The van der Waals surface area contributed by atoms with E-state index in [1.807, 2.05) is 24.7 Å². The molecule has 2 aromatic heterocycles. The number of aromatic amines is 1. The molecule has 5 rings (SSSR count). The van der Waals surface area contributed by atoms with Gasteiger partial charge in [-0.1, -0.05) is 22.0 Å². The molecule has 0 radical (unpaired) electrons. The SMILES string of the molecule is Cc1n[nH]c(C)c1-n1ncc2ccc(NC3CCCc4c3ccc(Br)c4C)cc21. The number of aryl methyl sites for hydroxylation is 2. The second kappa shape index (κ2) is 7.02. The van der Waals surface area contributed by atoms with Gasteiger partial charge in [0.25, 0.3) is 0 Å². The van der Waals surface area contributed by atoms with Gasteiger partial charge in [-0.25, -0.2) is 4.68 Å². The van der Waals surface area contributed by atoms with E-state index in [0.717, 1.165) is 46.5 Å². The molecule has 2 N–H and O–H groups in total. The Balaban J connectivity index is 1.53. The van der Waals surface area contributed by atoms with Crippen LogP contribution in [0.3, 0.4) is 0 Å². The van der Waals surface area contributed by atoms with Crippen molar-refractivity contribution < 1.29 is 0 Å². The number of nitrogens with zero attached hydrogens (tertiary/aromatic N) is 3. The Kier molecular flexibility index (Phi) is 4.46. The Labute approximate surface area is 178 Å². The van der Waals surface area contributed by atoms with Gasteiger partial charge in [0.05, 0.1) is 29.1 Å². The third-order valence-corrected chi connectivity index (χ3v) is 6.94. The molecule has 1 aliphatic rings. The molecule has 6 heteroatoms. The van der Waals surface area contributed by atoms with Crippen LogP contribution in [0.1, 0.15) is 47.0 Å². The van der Waals surface area contributed by atoms with E-state index in [4.69, 9.17) is 0 Å². The monoisotopic (exact) mass is 449 g/mol. The maximum atomic E-state index is 4.63. The van der Waals surface area contributed by atoms with Crippen LogP contribution >= 0.6 is 15.9 Å². The normalized spacial score (nSPS) is 16.2. The summed E-state index contributed by atoms with van der Waals surface area (Å²) in [6.45, 7) is 6.25. The van der Waals surface area contributed by atoms with Crippen LogP contribution in [-0.4, -0.2) is 20.0 Å². The average Bonchev–Trinajstić information content (AvgIpc) is 3.27. The highest BCUT2D eigenvalue weighted by atomic mass is 79.9. The molecule has 2 aromatic carbocycles. The van der Waals surface area contributed by atoms with Gasteiger partial charge >= 0.3 is 0 Å². The first-order valence-corrected chi connectivity index (χ1v) is 10.9. The molecule has 2 heterocycles. The third-order valence-electron chi connectivity index (χ3n) is 6.08. The van der Waals surface area contributed by atoms with Crippen molar-refractivity contribution in [3.05, 3.63) is 69.1 Å². The second-order valence-electron chi connectivity index (χ2n) is 7.94. The quantitative estimate of drug-likeness (QED) is 0.407. The van der Waals surface area contributed by atoms with Crippen molar-refractivity contribution in [2.45, 2.75) is 46.1 Å². The lowest BCUT2D eigenvalue weighted by molar-refractivity contribution is 0.598. The number of hydrogen-bond acceptors (Lipinski definition) is 3. The van der Waals surface area contributed by atoms with Crippen molar-refractivity contribution in [1.29, 1.82) is 0 Å². The van der Waals surface area contributed by atoms with Crippen molar-refractivity contribution in [2.75, 3.05) is 5.32 Å². The first kappa shape index (κ1) is 18.4. The summed E-state index contributed by atoms with van der Waals surface area (Å²) >= 11 is 3.68. The van der Waals surface area contributed by atoms with E-state index in [1.165, 1.54) is 27.6 Å². The molecular formula is C23H24BrN5. The van der Waals surface area contributed by atoms with Crippen molar-refractivity contribution in [2.24, 2.45) is 0 Å². The molecule has 0 saturated carbocycles. The van der Waals surface area contributed by atoms with E-state index in [2.05, 4.69) is 73.8 Å². The van der Waals surface area contributed by atoms with Crippen molar-refractivity contribution in [1.82, 2.24) is 20.0 Å². The highest BCUT2D eigenvalue weighted by Gasteiger charge is 2.22. The van der Waals surface area contributed by atoms with Crippen LogP contribution < -0.4 is 5.32 Å². The lowest BCUT2D eigenvalue weighted by Gasteiger charge is -2.29. The minimum absolute atomic E-state index is 0.330. The average molecular weight is 450 g/mol. The van der Waals surface area contributed by atoms with Gasteiger partial charge in [0, 0.05) is 15.5 Å². The van der Waals surface area contributed by atoms with Gasteiger partial charge in [0.1, 0.15) is 5.69 Å². The van der Waals surface area contributed by atoms with Crippen LogP contribution in [0.25, 0.3) is 16.6 Å². The standard InChI is InChI=1S/C23H24BrN5/c1-13-18-5-4-6-21(19(18)9-10-20(13)24)26-17-8-7-16-12-25-29(22(16)11-17)23-14(2)27-28-15(23)3/h7-12,21,26H,4-6H2,1-3H3,(H,27,28). The fourth-order valence-electron chi connectivity index (χ4n) is 4.54. The molecule has 0 bridgehead atoms. The molecular weight excluding hydrogens is 426 g/mol. The van der Waals surface area contributed by atoms with E-state index in [-0.39, 0.29) is 0 Å². The Morgan fingerprint density at radius 3 is 2.83 bits per heavy atom. The zero-order valence-electron chi connectivity index (χ0n) is 16.9. The fourth-order valence-corrected chi connectivity index (χ4v) is 4.91. The Hall–Kier alpha value is -2.60. The number of anilines is 1. The Morgan fingerprint density at radius 2 is 2.03 bits per heavy atom. The van der Waals surface area contributed by atoms with Crippen molar-refractivity contribution in [3.63, 3.8) is 0 Å². The third kappa shape index (κ3) is 3.06. The van der Waals surface area contributed by atoms with Crippen molar-refractivity contribution >= 4 is 32.5 Å². The van der Waals surface area contributed by atoms with E-state index < -0.39 is 0 Å². The molecule has 1 atom stereocenters. The molecule has 0 aliphatic heterocycles. The summed E-state index contributed by atoms with van der Waals surface area (Å²) in [5.41, 5.74) is 9.49. The number of benzene rings is 2. The van der Waals surface area contributed by atoms with Gasteiger partial charge in [0.15, 0.2) is 0 Å². The topological polar surface area (TPSA) is 58.5 Å². The van der Waals surface area contributed by atoms with Gasteiger partial charge in [-0.2, -0.15) is 10.2 Å². The molecule has 4 aromatic rings. The summed E-state index contributed by atoms with van der Waals surface area (Å²) in [6, 6.07) is 11.3. The zero-order chi connectivity index (χ0) is 20.1. The maximum absolute atomic E-state index is 4.63. The fraction of sp³-hybridized carbons (Fsp3) is 0.304. The number of rotatable bonds is 3. The van der Waals surface area contributed by atoms with Gasteiger partial charge in [-0.15, -0.1) is 0 Å². The molecule has 5 nitrogen and oxygen atoms in total. The number of H-pyrrole nitrogens is 1. The summed E-state index contributed by atoms with van der Waals surface area (Å²) < 4.78 is 3.19. The highest BCUT2D eigenvalue weighted by molar-refractivity contribution is 9.10.